The molecule has 2 aromatic rings. The number of carboxylic acid groups (broad SMARTS) is 1. The molecular formula is C20H18B2F2N2O8. The Kier molecular flexibility index (Phi) is 6.66. The number of hydrogen-bond acceptors (Lipinski definition) is 7. The molecule has 34 heavy (non-hydrogen) atoms. The summed E-state index contributed by atoms with van der Waals surface area (Å²) in [6, 6.07) is 4.42. The minimum Gasteiger partial charge on any atom is -0.480 e. The lowest BCUT2D eigenvalue weighted by molar-refractivity contribution is -0.137. The second-order valence-electron chi connectivity index (χ2n) is 7.75. The van der Waals surface area contributed by atoms with Crippen molar-refractivity contribution >= 4 is 42.9 Å². The van der Waals surface area contributed by atoms with Crippen molar-refractivity contribution in [3.63, 3.8) is 0 Å². The predicted molar refractivity (Wildman–Crippen MR) is 113 cm³/mol. The SMILES string of the molecule is O=C(O)CN(CCNC(=O)c1cc(F)c2c(c1)B(O)OC2)C(=O)c1cc(F)c2c(c1)B(O)OC2. The average Bonchev–Trinajstić information content (AvgIpc) is 3.35. The summed E-state index contributed by atoms with van der Waals surface area (Å²) in [5, 5.41) is 31.2. The molecule has 0 atom stereocenters. The third-order valence-corrected chi connectivity index (χ3v) is 5.55. The molecule has 0 aromatic heterocycles. The summed E-state index contributed by atoms with van der Waals surface area (Å²) >= 11 is 0. The van der Waals surface area contributed by atoms with E-state index in [1.807, 2.05) is 0 Å². The maximum absolute atomic E-state index is 14.3. The molecule has 4 N–H and O–H groups in total. The maximum Gasteiger partial charge on any atom is 0.491 e. The zero-order chi connectivity index (χ0) is 24.6. The highest BCUT2D eigenvalue weighted by atomic mass is 19.1. The van der Waals surface area contributed by atoms with Gasteiger partial charge in [0.2, 0.25) is 0 Å². The van der Waals surface area contributed by atoms with Crippen LogP contribution in [0.15, 0.2) is 24.3 Å². The number of carbonyl (C=O) groups is 3. The number of nitrogens with zero attached hydrogens (tertiary/aromatic N) is 1. The van der Waals surface area contributed by atoms with E-state index in [4.69, 9.17) is 9.31 Å². The highest BCUT2D eigenvalue weighted by molar-refractivity contribution is 6.62. The van der Waals surface area contributed by atoms with E-state index in [9.17, 15) is 38.3 Å². The van der Waals surface area contributed by atoms with Crippen LogP contribution < -0.4 is 16.2 Å². The van der Waals surface area contributed by atoms with Crippen molar-refractivity contribution < 1.29 is 47.6 Å². The van der Waals surface area contributed by atoms with Gasteiger partial charge in [-0.15, -0.1) is 0 Å². The average molecular weight is 474 g/mol. The van der Waals surface area contributed by atoms with Crippen LogP contribution in [0.5, 0.6) is 0 Å². The number of carbonyl (C=O) groups excluding carboxylic acids is 2. The Balaban J connectivity index is 1.45. The summed E-state index contributed by atoms with van der Waals surface area (Å²) in [5.41, 5.74) is 0.196. The van der Waals surface area contributed by atoms with Crippen LogP contribution in [-0.4, -0.2) is 71.7 Å². The molecular weight excluding hydrogens is 456 g/mol. The monoisotopic (exact) mass is 474 g/mol. The Morgan fingerprint density at radius 3 is 2.03 bits per heavy atom. The smallest absolute Gasteiger partial charge is 0.480 e. The molecule has 0 saturated heterocycles. The molecule has 0 fully saturated rings. The molecule has 0 bridgehead atoms. The van der Waals surface area contributed by atoms with E-state index in [-0.39, 0.29) is 59.5 Å². The van der Waals surface area contributed by atoms with E-state index in [1.54, 1.807) is 0 Å². The first kappa shape index (κ1) is 23.8. The first-order valence-corrected chi connectivity index (χ1v) is 10.2. The number of amides is 2. The van der Waals surface area contributed by atoms with Gasteiger partial charge in [-0.1, -0.05) is 0 Å². The standard InChI is InChI=1S/C20H18B2F2N2O8/c23-16-5-10(3-14-12(16)8-33-21(14)31)19(29)25-1-2-26(7-18(27)28)20(30)11-4-15-13(17(24)6-11)9-34-22(15)32/h3-6,31-32H,1-2,7-9H2,(H,25,29)(H,27,28). The molecule has 0 spiro atoms. The summed E-state index contributed by atoms with van der Waals surface area (Å²) < 4.78 is 38.4. The fourth-order valence-corrected chi connectivity index (χ4v) is 3.82. The van der Waals surface area contributed by atoms with Gasteiger partial charge >= 0.3 is 20.2 Å². The molecule has 2 amide bonds. The Morgan fingerprint density at radius 1 is 0.941 bits per heavy atom. The van der Waals surface area contributed by atoms with E-state index in [2.05, 4.69) is 5.32 Å². The van der Waals surface area contributed by atoms with Crippen LogP contribution in [0.4, 0.5) is 8.78 Å². The van der Waals surface area contributed by atoms with Crippen molar-refractivity contribution in [1.29, 1.82) is 0 Å². The zero-order valence-corrected chi connectivity index (χ0v) is 17.6. The summed E-state index contributed by atoms with van der Waals surface area (Å²) in [6.45, 7) is -1.47. The number of benzene rings is 2. The topological polar surface area (TPSA) is 146 Å². The second-order valence-corrected chi connectivity index (χ2v) is 7.75. The first-order valence-electron chi connectivity index (χ1n) is 10.2. The van der Waals surface area contributed by atoms with Crippen LogP contribution in [0.25, 0.3) is 0 Å². The summed E-state index contributed by atoms with van der Waals surface area (Å²) in [6.07, 6.45) is 0. The van der Waals surface area contributed by atoms with Crippen molar-refractivity contribution in [1.82, 2.24) is 10.2 Å². The molecule has 2 aliphatic heterocycles. The van der Waals surface area contributed by atoms with Gasteiger partial charge < -0.3 is 34.7 Å². The molecule has 2 aromatic carbocycles. The van der Waals surface area contributed by atoms with Gasteiger partial charge in [-0.2, -0.15) is 0 Å². The number of aliphatic carboxylic acids is 1. The van der Waals surface area contributed by atoms with Gasteiger partial charge in [0.15, 0.2) is 0 Å². The van der Waals surface area contributed by atoms with Crippen molar-refractivity contribution in [3.05, 3.63) is 58.2 Å². The molecule has 0 aliphatic carbocycles. The van der Waals surface area contributed by atoms with Crippen molar-refractivity contribution in [2.24, 2.45) is 0 Å². The van der Waals surface area contributed by atoms with Crippen LogP contribution in [-0.2, 0) is 27.3 Å². The Labute approximate surface area is 192 Å². The summed E-state index contributed by atoms with van der Waals surface area (Å²) in [4.78, 5) is 37.4. The van der Waals surface area contributed by atoms with Crippen molar-refractivity contribution in [2.45, 2.75) is 13.2 Å². The molecule has 0 saturated carbocycles. The maximum atomic E-state index is 14.3. The highest BCUT2D eigenvalue weighted by Gasteiger charge is 2.33. The van der Waals surface area contributed by atoms with E-state index in [0.29, 0.717) is 0 Å². The first-order chi connectivity index (χ1) is 16.2. The minimum absolute atomic E-state index is 0.0803. The second kappa shape index (κ2) is 9.50. The summed E-state index contributed by atoms with van der Waals surface area (Å²) in [5.74, 6) is -4.37. The normalized spacial score (nSPS) is 14.1. The highest BCUT2D eigenvalue weighted by Crippen LogP contribution is 2.18. The fraction of sp³-hybridized carbons (Fsp3) is 0.250. The number of carboxylic acids is 1. The van der Waals surface area contributed by atoms with Crippen molar-refractivity contribution in [3.8, 4) is 0 Å². The van der Waals surface area contributed by atoms with Gasteiger partial charge in [-0.05, 0) is 35.2 Å². The van der Waals surface area contributed by atoms with Gasteiger partial charge in [0.05, 0.1) is 13.2 Å². The van der Waals surface area contributed by atoms with Gasteiger partial charge in [0, 0.05) is 35.3 Å². The lowest BCUT2D eigenvalue weighted by Gasteiger charge is -2.21. The fourth-order valence-electron chi connectivity index (χ4n) is 3.82. The van der Waals surface area contributed by atoms with Crippen LogP contribution in [0.2, 0.25) is 0 Å². The summed E-state index contributed by atoms with van der Waals surface area (Å²) in [7, 11) is -2.75. The van der Waals surface area contributed by atoms with Crippen LogP contribution >= 0.6 is 0 Å². The quantitative estimate of drug-likeness (QED) is 0.350. The third-order valence-electron chi connectivity index (χ3n) is 5.55. The third kappa shape index (κ3) is 4.66. The van der Waals surface area contributed by atoms with E-state index in [0.717, 1.165) is 17.0 Å². The van der Waals surface area contributed by atoms with E-state index < -0.39 is 50.2 Å². The van der Waals surface area contributed by atoms with Gasteiger partial charge in [0.25, 0.3) is 11.8 Å². The van der Waals surface area contributed by atoms with E-state index >= 15 is 0 Å². The van der Waals surface area contributed by atoms with Crippen LogP contribution in [0.1, 0.15) is 31.8 Å². The van der Waals surface area contributed by atoms with E-state index in [1.165, 1.54) is 12.1 Å². The molecule has 176 valence electrons. The number of rotatable bonds is 7. The number of halogens is 2. The van der Waals surface area contributed by atoms with Gasteiger partial charge in [-0.3, -0.25) is 14.4 Å². The molecule has 0 radical (unpaired) electrons. The largest absolute Gasteiger partial charge is 0.491 e. The number of hydrogen-bond donors (Lipinski definition) is 4. The number of fused-ring (bicyclic) bond motifs is 2. The van der Waals surface area contributed by atoms with Gasteiger partial charge in [-0.25, -0.2) is 8.78 Å². The molecule has 14 heteroatoms. The molecule has 0 unspecified atom stereocenters. The molecule has 4 rings (SSSR count). The van der Waals surface area contributed by atoms with Crippen molar-refractivity contribution in [2.75, 3.05) is 19.6 Å². The minimum atomic E-state index is -1.40. The van der Waals surface area contributed by atoms with Crippen LogP contribution in [0.3, 0.4) is 0 Å². The van der Waals surface area contributed by atoms with Gasteiger partial charge in [0.1, 0.15) is 18.2 Å². The molecule has 10 nitrogen and oxygen atoms in total. The Hall–Kier alpha value is -3.32. The Bertz CT molecular complexity index is 1180. The predicted octanol–water partition coefficient (Wildman–Crippen LogP) is -1.64. The Morgan fingerprint density at radius 2 is 1.47 bits per heavy atom. The molecule has 2 aliphatic rings. The zero-order valence-electron chi connectivity index (χ0n) is 17.6. The lowest BCUT2D eigenvalue weighted by atomic mass is 9.78. The molecule has 2 heterocycles. The lowest BCUT2D eigenvalue weighted by Crippen LogP contribution is -2.42. The number of nitrogens with one attached hydrogen (secondary N) is 1. The van der Waals surface area contributed by atoms with Crippen LogP contribution in [0, 0.1) is 11.6 Å².